The lowest BCUT2D eigenvalue weighted by Crippen LogP contribution is -2.06. The average molecular weight is 320 g/mol. The van der Waals surface area contributed by atoms with Crippen LogP contribution in [0.3, 0.4) is 0 Å². The van der Waals surface area contributed by atoms with Crippen molar-refractivity contribution in [2.45, 2.75) is 12.5 Å². The van der Waals surface area contributed by atoms with E-state index in [4.69, 9.17) is 14.3 Å². The van der Waals surface area contributed by atoms with Crippen LogP contribution < -0.4 is 9.61 Å². The Morgan fingerprint density at radius 2 is 2.36 bits per heavy atom. The number of thiazole rings is 1. The van der Waals surface area contributed by atoms with Gasteiger partial charge in [-0.1, -0.05) is 28.6 Å². The van der Waals surface area contributed by atoms with Crippen LogP contribution in [0.15, 0.2) is 39.6 Å². The smallest absolute Gasteiger partial charge is 0.304 e. The minimum absolute atomic E-state index is 0.0882. The van der Waals surface area contributed by atoms with Gasteiger partial charge in [-0.25, -0.2) is 0 Å². The van der Waals surface area contributed by atoms with Crippen LogP contribution in [0.4, 0.5) is 0 Å². The molecule has 0 radical (unpaired) electrons. The highest BCUT2D eigenvalue weighted by Crippen LogP contribution is 2.30. The summed E-state index contributed by atoms with van der Waals surface area (Å²) in [5, 5.41) is 5.84. The van der Waals surface area contributed by atoms with Gasteiger partial charge in [-0.05, 0) is 17.7 Å². The van der Waals surface area contributed by atoms with Crippen LogP contribution in [0, 0.1) is 0 Å². The summed E-state index contributed by atoms with van der Waals surface area (Å²) >= 11 is 1.12. The maximum Gasteiger partial charge on any atom is 0.304 e. The van der Waals surface area contributed by atoms with Gasteiger partial charge in [0.2, 0.25) is 0 Å². The standard InChI is InChI=1S/C15H16N2O4S/c1-19-5-6-20-11-4-2-3-10(7-11)14-8-12(17-21-14)13-9-22-15(18)16-13/h2-4,7,9,14H,5-6,8H2,1H3,(H,16,18). The number of oxime groups is 1. The first-order valence-electron chi connectivity index (χ1n) is 6.89. The van der Waals surface area contributed by atoms with E-state index in [1.165, 1.54) is 0 Å². The Hall–Kier alpha value is -2.12. The van der Waals surface area contributed by atoms with Crippen molar-refractivity contribution in [3.8, 4) is 5.75 Å². The topological polar surface area (TPSA) is 72.9 Å². The second-order valence-electron chi connectivity index (χ2n) is 4.81. The zero-order valence-corrected chi connectivity index (χ0v) is 12.9. The van der Waals surface area contributed by atoms with Gasteiger partial charge < -0.3 is 19.3 Å². The third-order valence-electron chi connectivity index (χ3n) is 3.29. The normalized spacial score (nSPS) is 17.1. The molecule has 2 aromatic rings. The summed E-state index contributed by atoms with van der Waals surface area (Å²) in [5.41, 5.74) is 2.48. The Kier molecular flexibility index (Phi) is 4.55. The van der Waals surface area contributed by atoms with E-state index < -0.39 is 0 Å². The number of aromatic nitrogens is 1. The van der Waals surface area contributed by atoms with Crippen LogP contribution in [0.1, 0.15) is 23.8 Å². The highest BCUT2D eigenvalue weighted by atomic mass is 32.1. The van der Waals surface area contributed by atoms with Crippen LogP contribution >= 0.6 is 11.3 Å². The SMILES string of the molecule is COCCOc1cccc(C2CC(c3csc(=O)[nH]3)=NO2)c1. The summed E-state index contributed by atoms with van der Waals surface area (Å²) in [6.07, 6.45) is 0.457. The van der Waals surface area contributed by atoms with E-state index in [0.29, 0.717) is 19.6 Å². The Bertz CT molecular complexity index is 722. The van der Waals surface area contributed by atoms with Crippen molar-refractivity contribution < 1.29 is 14.3 Å². The molecule has 6 nitrogen and oxygen atoms in total. The Morgan fingerprint density at radius 1 is 1.45 bits per heavy atom. The van der Waals surface area contributed by atoms with Gasteiger partial charge in [-0.3, -0.25) is 4.79 Å². The van der Waals surface area contributed by atoms with Crippen molar-refractivity contribution in [1.82, 2.24) is 4.98 Å². The number of aromatic amines is 1. The molecule has 0 fully saturated rings. The summed E-state index contributed by atoms with van der Waals surface area (Å²) in [5.74, 6) is 0.774. The molecule has 3 rings (SSSR count). The van der Waals surface area contributed by atoms with E-state index in [1.54, 1.807) is 12.5 Å². The van der Waals surface area contributed by atoms with Crippen molar-refractivity contribution in [2.75, 3.05) is 20.3 Å². The molecule has 22 heavy (non-hydrogen) atoms. The lowest BCUT2D eigenvalue weighted by Gasteiger charge is -2.11. The van der Waals surface area contributed by atoms with Crippen LogP contribution in [-0.4, -0.2) is 31.0 Å². The van der Waals surface area contributed by atoms with Crippen LogP contribution in [0.2, 0.25) is 0 Å². The molecule has 0 saturated carbocycles. The molecule has 1 atom stereocenters. The lowest BCUT2D eigenvalue weighted by molar-refractivity contribution is 0.0853. The Labute approximate surface area is 131 Å². The fourth-order valence-electron chi connectivity index (χ4n) is 2.18. The minimum atomic E-state index is -0.163. The minimum Gasteiger partial charge on any atom is -0.491 e. The van der Waals surface area contributed by atoms with E-state index in [-0.39, 0.29) is 11.0 Å². The van der Waals surface area contributed by atoms with E-state index in [1.807, 2.05) is 24.3 Å². The van der Waals surface area contributed by atoms with E-state index >= 15 is 0 Å². The van der Waals surface area contributed by atoms with Gasteiger partial charge in [0.25, 0.3) is 0 Å². The maximum atomic E-state index is 11.2. The van der Waals surface area contributed by atoms with Gasteiger partial charge in [0.05, 0.1) is 12.3 Å². The number of rotatable bonds is 6. The van der Waals surface area contributed by atoms with Gasteiger partial charge in [-0.2, -0.15) is 0 Å². The van der Waals surface area contributed by atoms with Gasteiger partial charge in [0.1, 0.15) is 18.1 Å². The Morgan fingerprint density at radius 3 is 3.14 bits per heavy atom. The molecule has 0 spiro atoms. The van der Waals surface area contributed by atoms with Crippen LogP contribution in [0.5, 0.6) is 5.75 Å². The predicted molar refractivity (Wildman–Crippen MR) is 83.7 cm³/mol. The molecule has 116 valence electrons. The number of hydrogen-bond donors (Lipinski definition) is 1. The lowest BCUT2D eigenvalue weighted by atomic mass is 10.0. The summed E-state index contributed by atoms with van der Waals surface area (Å²) in [4.78, 5) is 19.4. The Balaban J connectivity index is 1.66. The second kappa shape index (κ2) is 6.76. The molecule has 1 unspecified atom stereocenters. The number of benzene rings is 1. The molecule has 1 aliphatic rings. The molecule has 0 aliphatic carbocycles. The predicted octanol–water partition coefficient (Wildman–Crippen LogP) is 2.33. The fraction of sp³-hybridized carbons (Fsp3) is 0.333. The fourth-order valence-corrected chi connectivity index (χ4v) is 2.77. The van der Waals surface area contributed by atoms with Gasteiger partial charge in [0.15, 0.2) is 6.10 Å². The largest absolute Gasteiger partial charge is 0.491 e. The van der Waals surface area contributed by atoms with Crippen molar-refractivity contribution in [2.24, 2.45) is 5.16 Å². The van der Waals surface area contributed by atoms with Crippen molar-refractivity contribution in [3.05, 3.63) is 50.6 Å². The van der Waals surface area contributed by atoms with Crippen molar-refractivity contribution in [3.63, 3.8) is 0 Å². The average Bonchev–Trinajstić information content (AvgIpc) is 3.17. The summed E-state index contributed by atoms with van der Waals surface area (Å²) < 4.78 is 10.6. The molecule has 2 heterocycles. The van der Waals surface area contributed by atoms with Gasteiger partial charge in [0, 0.05) is 18.9 Å². The molecule has 1 aliphatic heterocycles. The van der Waals surface area contributed by atoms with Gasteiger partial charge in [-0.15, -0.1) is 0 Å². The quantitative estimate of drug-likeness (QED) is 0.829. The first kappa shape index (κ1) is 14.8. The number of nitrogens with one attached hydrogen (secondary N) is 1. The van der Waals surface area contributed by atoms with E-state index in [9.17, 15) is 4.79 Å². The third-order valence-corrected chi connectivity index (χ3v) is 3.96. The van der Waals surface area contributed by atoms with Crippen LogP contribution in [-0.2, 0) is 9.57 Å². The second-order valence-corrected chi connectivity index (χ2v) is 5.65. The van der Waals surface area contributed by atoms with E-state index in [2.05, 4.69) is 10.1 Å². The molecular formula is C15H16N2O4S. The molecule has 0 bridgehead atoms. The molecule has 0 amide bonds. The van der Waals surface area contributed by atoms with Gasteiger partial charge >= 0.3 is 4.87 Å². The number of H-pyrrole nitrogens is 1. The molecular weight excluding hydrogens is 304 g/mol. The summed E-state index contributed by atoms with van der Waals surface area (Å²) in [6.45, 7) is 1.05. The molecule has 7 heteroatoms. The van der Waals surface area contributed by atoms with Crippen LogP contribution in [0.25, 0.3) is 0 Å². The zero-order chi connectivity index (χ0) is 15.4. The maximum absolute atomic E-state index is 11.2. The summed E-state index contributed by atoms with van der Waals surface area (Å²) in [7, 11) is 1.64. The molecule has 1 aromatic carbocycles. The number of nitrogens with zero attached hydrogens (tertiary/aromatic N) is 1. The van der Waals surface area contributed by atoms with Crippen molar-refractivity contribution in [1.29, 1.82) is 0 Å². The van der Waals surface area contributed by atoms with Crippen molar-refractivity contribution >= 4 is 17.0 Å². The molecule has 0 saturated heterocycles. The third kappa shape index (κ3) is 3.37. The number of ether oxygens (including phenoxy) is 2. The molecule has 1 N–H and O–H groups in total. The number of methoxy groups -OCH3 is 1. The first-order chi connectivity index (χ1) is 10.8. The molecule has 1 aromatic heterocycles. The highest BCUT2D eigenvalue weighted by molar-refractivity contribution is 7.07. The first-order valence-corrected chi connectivity index (χ1v) is 7.77. The monoisotopic (exact) mass is 320 g/mol. The number of hydrogen-bond acceptors (Lipinski definition) is 6. The summed E-state index contributed by atoms with van der Waals surface area (Å²) in [6, 6.07) is 7.73. The zero-order valence-electron chi connectivity index (χ0n) is 12.1. The van der Waals surface area contributed by atoms with E-state index in [0.717, 1.165) is 34.1 Å². The highest BCUT2D eigenvalue weighted by Gasteiger charge is 2.25.